The molecule has 0 saturated heterocycles. The van der Waals surface area contributed by atoms with Crippen molar-refractivity contribution in [3.05, 3.63) is 23.3 Å². The molecule has 0 spiro atoms. The fourth-order valence-corrected chi connectivity index (χ4v) is 2.96. The molecule has 0 fully saturated rings. The van der Waals surface area contributed by atoms with Crippen molar-refractivity contribution in [2.75, 3.05) is 26.7 Å². The molecule has 1 aromatic carbocycles. The Morgan fingerprint density at radius 1 is 1.25 bits per heavy atom. The van der Waals surface area contributed by atoms with Crippen molar-refractivity contribution in [3.8, 4) is 11.5 Å². The standard InChI is InChI=1S/C20H32N4O3.HI/c1-5-8-22-19(25)7-9-23-20(21-4)24-13-16-12-18-15(10-14(3)27-18)11-17(16)26-6-2;/h11-12,14H,5-10,13H2,1-4H3,(H,22,25)(H2,21,23,24);1H. The molecule has 1 amide bonds. The minimum absolute atomic E-state index is 0. The Labute approximate surface area is 185 Å². The molecule has 1 aromatic rings. The summed E-state index contributed by atoms with van der Waals surface area (Å²) in [4.78, 5) is 15.9. The van der Waals surface area contributed by atoms with Crippen LogP contribution in [0.4, 0.5) is 0 Å². The molecule has 0 aromatic heterocycles. The van der Waals surface area contributed by atoms with Gasteiger partial charge < -0.3 is 25.4 Å². The highest BCUT2D eigenvalue weighted by atomic mass is 127. The number of halogens is 1. The van der Waals surface area contributed by atoms with Crippen molar-refractivity contribution in [1.29, 1.82) is 0 Å². The average molecular weight is 504 g/mol. The monoisotopic (exact) mass is 504 g/mol. The van der Waals surface area contributed by atoms with Crippen LogP contribution in [-0.4, -0.2) is 44.7 Å². The molecular weight excluding hydrogens is 471 g/mol. The second kappa shape index (κ2) is 12.7. The molecule has 158 valence electrons. The van der Waals surface area contributed by atoms with E-state index in [1.807, 2.05) is 19.9 Å². The van der Waals surface area contributed by atoms with E-state index in [9.17, 15) is 4.79 Å². The SMILES string of the molecule is CCCNC(=O)CCNC(=NC)NCc1cc2c(cc1OCC)CC(C)O2.I. The molecule has 1 aliphatic heterocycles. The first-order chi connectivity index (χ1) is 13.1. The van der Waals surface area contributed by atoms with Crippen LogP contribution in [0, 0.1) is 0 Å². The number of carbonyl (C=O) groups excluding carboxylic acids is 1. The number of hydrogen-bond acceptors (Lipinski definition) is 4. The average Bonchev–Trinajstić information content (AvgIpc) is 3.01. The fourth-order valence-electron chi connectivity index (χ4n) is 2.96. The maximum atomic E-state index is 11.7. The van der Waals surface area contributed by atoms with Crippen molar-refractivity contribution >= 4 is 35.8 Å². The lowest BCUT2D eigenvalue weighted by Gasteiger charge is -2.15. The molecule has 2 rings (SSSR count). The summed E-state index contributed by atoms with van der Waals surface area (Å²) in [6.45, 7) is 8.49. The van der Waals surface area contributed by atoms with Crippen molar-refractivity contribution in [1.82, 2.24) is 16.0 Å². The van der Waals surface area contributed by atoms with Gasteiger partial charge in [0.25, 0.3) is 0 Å². The van der Waals surface area contributed by atoms with Gasteiger partial charge in [-0.15, -0.1) is 24.0 Å². The summed E-state index contributed by atoms with van der Waals surface area (Å²) >= 11 is 0. The van der Waals surface area contributed by atoms with Crippen molar-refractivity contribution in [3.63, 3.8) is 0 Å². The molecule has 1 aliphatic rings. The Morgan fingerprint density at radius 2 is 2.04 bits per heavy atom. The van der Waals surface area contributed by atoms with Crippen LogP contribution in [0.5, 0.6) is 11.5 Å². The summed E-state index contributed by atoms with van der Waals surface area (Å²) < 4.78 is 11.7. The van der Waals surface area contributed by atoms with Gasteiger partial charge in [0, 0.05) is 50.7 Å². The summed E-state index contributed by atoms with van der Waals surface area (Å²) in [5.41, 5.74) is 2.21. The molecule has 0 aliphatic carbocycles. The molecular formula is C20H33IN4O3. The highest BCUT2D eigenvalue weighted by molar-refractivity contribution is 14.0. The molecule has 0 bridgehead atoms. The number of hydrogen-bond donors (Lipinski definition) is 3. The molecule has 0 saturated carbocycles. The van der Waals surface area contributed by atoms with E-state index in [2.05, 4.69) is 33.9 Å². The summed E-state index contributed by atoms with van der Waals surface area (Å²) in [7, 11) is 1.71. The van der Waals surface area contributed by atoms with Gasteiger partial charge in [-0.05, 0) is 32.4 Å². The normalized spacial score (nSPS) is 15.1. The molecule has 28 heavy (non-hydrogen) atoms. The van der Waals surface area contributed by atoms with Gasteiger partial charge >= 0.3 is 0 Å². The number of fused-ring (bicyclic) bond motifs is 1. The van der Waals surface area contributed by atoms with Crippen LogP contribution < -0.4 is 25.4 Å². The van der Waals surface area contributed by atoms with Crippen LogP contribution in [-0.2, 0) is 17.8 Å². The van der Waals surface area contributed by atoms with Gasteiger partial charge in [-0.3, -0.25) is 9.79 Å². The Bertz CT molecular complexity index is 667. The minimum Gasteiger partial charge on any atom is -0.494 e. The molecule has 8 heteroatoms. The zero-order chi connectivity index (χ0) is 19.6. The van der Waals surface area contributed by atoms with Crippen LogP contribution in [0.2, 0.25) is 0 Å². The van der Waals surface area contributed by atoms with E-state index < -0.39 is 0 Å². The lowest BCUT2D eigenvalue weighted by Crippen LogP contribution is -2.39. The largest absolute Gasteiger partial charge is 0.494 e. The highest BCUT2D eigenvalue weighted by Gasteiger charge is 2.21. The fraction of sp³-hybridized carbons (Fsp3) is 0.600. The van der Waals surface area contributed by atoms with E-state index in [1.54, 1.807) is 7.05 Å². The number of benzene rings is 1. The predicted molar refractivity (Wildman–Crippen MR) is 123 cm³/mol. The number of aliphatic imine (C=N–C) groups is 1. The smallest absolute Gasteiger partial charge is 0.221 e. The number of carbonyl (C=O) groups is 1. The second-order valence-corrected chi connectivity index (χ2v) is 6.59. The third-order valence-electron chi connectivity index (χ3n) is 4.27. The van der Waals surface area contributed by atoms with Gasteiger partial charge in [0.15, 0.2) is 5.96 Å². The van der Waals surface area contributed by atoms with E-state index in [1.165, 1.54) is 5.56 Å². The highest BCUT2D eigenvalue weighted by Crippen LogP contribution is 2.35. The molecule has 7 nitrogen and oxygen atoms in total. The van der Waals surface area contributed by atoms with Crippen molar-refractivity contribution < 1.29 is 14.3 Å². The summed E-state index contributed by atoms with van der Waals surface area (Å²) in [6.07, 6.45) is 2.46. The lowest BCUT2D eigenvalue weighted by atomic mass is 10.1. The van der Waals surface area contributed by atoms with Crippen LogP contribution in [0.25, 0.3) is 0 Å². The number of nitrogens with zero attached hydrogens (tertiary/aromatic N) is 1. The zero-order valence-electron chi connectivity index (χ0n) is 17.3. The third-order valence-corrected chi connectivity index (χ3v) is 4.27. The molecule has 1 atom stereocenters. The summed E-state index contributed by atoms with van der Waals surface area (Å²) in [6, 6.07) is 4.12. The quantitative estimate of drug-likeness (QED) is 0.274. The van der Waals surface area contributed by atoms with Crippen LogP contribution in [0.15, 0.2) is 17.1 Å². The van der Waals surface area contributed by atoms with Crippen molar-refractivity contribution in [2.45, 2.75) is 52.7 Å². The zero-order valence-corrected chi connectivity index (χ0v) is 19.6. The first-order valence-corrected chi connectivity index (χ1v) is 9.73. The first kappa shape index (κ1) is 24.3. The third kappa shape index (κ3) is 7.37. The van der Waals surface area contributed by atoms with Crippen molar-refractivity contribution in [2.24, 2.45) is 4.99 Å². The lowest BCUT2D eigenvalue weighted by molar-refractivity contribution is -0.120. The minimum atomic E-state index is 0. The summed E-state index contributed by atoms with van der Waals surface area (Å²) in [5.74, 6) is 2.49. The molecule has 3 N–H and O–H groups in total. The first-order valence-electron chi connectivity index (χ1n) is 9.73. The van der Waals surface area contributed by atoms with Gasteiger partial charge in [0.2, 0.25) is 5.91 Å². The summed E-state index contributed by atoms with van der Waals surface area (Å²) in [5, 5.41) is 9.30. The predicted octanol–water partition coefficient (Wildman–Crippen LogP) is 2.61. The topological polar surface area (TPSA) is 84.0 Å². The van der Waals surface area contributed by atoms with Crippen LogP contribution in [0.1, 0.15) is 44.7 Å². The van der Waals surface area contributed by atoms with E-state index in [4.69, 9.17) is 9.47 Å². The molecule has 0 radical (unpaired) electrons. The van der Waals surface area contributed by atoms with Gasteiger partial charge in [0.1, 0.15) is 17.6 Å². The number of guanidine groups is 1. The maximum Gasteiger partial charge on any atom is 0.221 e. The number of nitrogens with one attached hydrogen (secondary N) is 3. The molecule has 1 heterocycles. The van der Waals surface area contributed by atoms with Gasteiger partial charge in [0.05, 0.1) is 6.61 Å². The van der Waals surface area contributed by atoms with E-state index in [-0.39, 0.29) is 36.0 Å². The Morgan fingerprint density at radius 3 is 2.71 bits per heavy atom. The van der Waals surface area contributed by atoms with E-state index in [0.29, 0.717) is 38.6 Å². The maximum absolute atomic E-state index is 11.7. The Kier molecular flexibility index (Phi) is 11.0. The van der Waals surface area contributed by atoms with Crippen LogP contribution in [0.3, 0.4) is 0 Å². The second-order valence-electron chi connectivity index (χ2n) is 6.59. The van der Waals surface area contributed by atoms with E-state index >= 15 is 0 Å². The van der Waals surface area contributed by atoms with E-state index in [0.717, 1.165) is 29.9 Å². The number of rotatable bonds is 9. The van der Waals surface area contributed by atoms with Crippen LogP contribution >= 0.6 is 24.0 Å². The molecule has 1 unspecified atom stereocenters. The Balaban J connectivity index is 0.00000392. The van der Waals surface area contributed by atoms with Gasteiger partial charge in [-0.2, -0.15) is 0 Å². The van der Waals surface area contributed by atoms with Gasteiger partial charge in [-0.1, -0.05) is 6.92 Å². The number of ether oxygens (including phenoxy) is 2. The Hall–Kier alpha value is -1.71. The van der Waals surface area contributed by atoms with Gasteiger partial charge in [-0.25, -0.2) is 0 Å². The number of amides is 1.